The lowest BCUT2D eigenvalue weighted by Gasteiger charge is -2.10. The second kappa shape index (κ2) is 4.93. The van der Waals surface area contributed by atoms with Gasteiger partial charge in [-0.15, -0.1) is 0 Å². The Morgan fingerprint density at radius 1 is 1.10 bits per heavy atom. The highest BCUT2D eigenvalue weighted by atomic mass is 35.5. The van der Waals surface area contributed by atoms with Crippen LogP contribution in [0.4, 0.5) is 0 Å². The molecule has 1 aromatic carbocycles. The molecule has 1 heterocycles. The highest BCUT2D eigenvalue weighted by Crippen LogP contribution is 2.37. The van der Waals surface area contributed by atoms with Crippen LogP contribution in [0.5, 0.6) is 0 Å². The fraction of sp³-hybridized carbons (Fsp3) is 0.0667. The summed E-state index contributed by atoms with van der Waals surface area (Å²) in [5.74, 6) is -0.214. The molecule has 2 aromatic rings. The van der Waals surface area contributed by atoms with Crippen molar-refractivity contribution in [2.45, 2.75) is 6.42 Å². The number of Topliss-reactive ketones (excluding diaryl/α,β-unsaturated/α-hetero) is 1. The van der Waals surface area contributed by atoms with Crippen LogP contribution in [0.2, 0.25) is 0 Å². The van der Waals surface area contributed by atoms with E-state index in [0.717, 1.165) is 0 Å². The monoisotopic (exact) mass is 306 g/mol. The molecule has 100 valence electrons. The van der Waals surface area contributed by atoms with Crippen LogP contribution in [0.15, 0.2) is 46.0 Å². The van der Waals surface area contributed by atoms with E-state index < -0.39 is 0 Å². The van der Waals surface area contributed by atoms with Crippen LogP contribution in [-0.4, -0.2) is 11.6 Å². The highest BCUT2D eigenvalue weighted by Gasteiger charge is 2.31. The Balaban J connectivity index is 2.10. The van der Waals surface area contributed by atoms with Crippen molar-refractivity contribution in [1.29, 1.82) is 0 Å². The van der Waals surface area contributed by atoms with Crippen LogP contribution < -0.4 is 0 Å². The number of fused-ring (bicyclic) bond motifs is 1. The molecule has 0 spiro atoms. The minimum Gasteiger partial charge on any atom is -0.462 e. The van der Waals surface area contributed by atoms with Crippen molar-refractivity contribution in [3.05, 3.63) is 64.1 Å². The van der Waals surface area contributed by atoms with Gasteiger partial charge in [-0.1, -0.05) is 53.5 Å². The van der Waals surface area contributed by atoms with Crippen LogP contribution in [0.25, 0.3) is 5.03 Å². The van der Waals surface area contributed by atoms with Gasteiger partial charge in [-0.05, 0) is 0 Å². The summed E-state index contributed by atoms with van der Waals surface area (Å²) in [4.78, 5) is 24.2. The first-order valence-electron chi connectivity index (χ1n) is 5.88. The molecule has 0 bridgehead atoms. The number of carbonyl (C=O) groups excluding carboxylic acids is 2. The minimum absolute atomic E-state index is 0.0226. The number of allylic oxidation sites excluding steroid dienone is 1. The summed E-state index contributed by atoms with van der Waals surface area (Å²) in [7, 11) is 0. The van der Waals surface area contributed by atoms with Crippen molar-refractivity contribution in [3.63, 3.8) is 0 Å². The number of furan rings is 1. The summed E-state index contributed by atoms with van der Waals surface area (Å²) in [6, 6.07) is 8.78. The standard InChI is InChI=1S/C15H8Cl2O3/c16-12-11(18)6-9-10(7-20-15(9)13(12)17)14(19)8-4-2-1-3-5-8/h1-5,7H,6H2. The summed E-state index contributed by atoms with van der Waals surface area (Å²) in [5.41, 5.74) is 1.38. The maximum absolute atomic E-state index is 12.4. The molecule has 0 amide bonds. The zero-order valence-electron chi connectivity index (χ0n) is 10.2. The molecular weight excluding hydrogens is 299 g/mol. The molecule has 1 aliphatic rings. The number of halogens is 2. The first kappa shape index (κ1) is 13.2. The van der Waals surface area contributed by atoms with E-state index >= 15 is 0 Å². The van der Waals surface area contributed by atoms with E-state index in [-0.39, 0.29) is 28.1 Å². The Hall–Kier alpha value is -1.84. The fourth-order valence-electron chi connectivity index (χ4n) is 2.14. The van der Waals surface area contributed by atoms with Crippen LogP contribution in [-0.2, 0) is 11.2 Å². The number of hydrogen-bond acceptors (Lipinski definition) is 3. The summed E-state index contributed by atoms with van der Waals surface area (Å²) >= 11 is 11.8. The van der Waals surface area contributed by atoms with Crippen molar-refractivity contribution in [1.82, 2.24) is 0 Å². The quantitative estimate of drug-likeness (QED) is 0.793. The fourth-order valence-corrected chi connectivity index (χ4v) is 2.55. The van der Waals surface area contributed by atoms with Gasteiger partial charge in [-0.3, -0.25) is 9.59 Å². The van der Waals surface area contributed by atoms with E-state index in [1.165, 1.54) is 6.26 Å². The van der Waals surface area contributed by atoms with E-state index in [1.807, 2.05) is 6.07 Å². The number of ketones is 2. The number of hydrogen-bond donors (Lipinski definition) is 0. The van der Waals surface area contributed by atoms with Crippen LogP contribution >= 0.6 is 23.2 Å². The summed E-state index contributed by atoms with van der Waals surface area (Å²) < 4.78 is 5.31. The minimum atomic E-state index is -0.312. The number of rotatable bonds is 2. The predicted molar refractivity (Wildman–Crippen MR) is 75.9 cm³/mol. The Labute approximate surface area is 124 Å². The third-order valence-electron chi connectivity index (χ3n) is 3.15. The zero-order valence-corrected chi connectivity index (χ0v) is 11.7. The molecule has 0 fully saturated rings. The van der Waals surface area contributed by atoms with Crippen LogP contribution in [0, 0.1) is 0 Å². The molecule has 0 unspecified atom stereocenters. The average Bonchev–Trinajstić information content (AvgIpc) is 2.89. The summed E-state index contributed by atoms with van der Waals surface area (Å²) in [5, 5.41) is 0.0113. The lowest BCUT2D eigenvalue weighted by molar-refractivity contribution is -0.114. The molecule has 3 rings (SSSR count). The molecule has 0 N–H and O–H groups in total. The second-order valence-electron chi connectivity index (χ2n) is 4.38. The molecule has 0 radical (unpaired) electrons. The Bertz CT molecular complexity index is 742. The zero-order chi connectivity index (χ0) is 14.3. The van der Waals surface area contributed by atoms with E-state index in [1.54, 1.807) is 24.3 Å². The third kappa shape index (κ3) is 1.99. The van der Waals surface area contributed by atoms with E-state index in [0.29, 0.717) is 22.5 Å². The maximum Gasteiger partial charge on any atom is 0.196 e. The molecule has 20 heavy (non-hydrogen) atoms. The van der Waals surface area contributed by atoms with Gasteiger partial charge in [0.15, 0.2) is 17.3 Å². The van der Waals surface area contributed by atoms with Gasteiger partial charge in [0.25, 0.3) is 0 Å². The molecule has 0 aliphatic heterocycles. The molecule has 1 aromatic heterocycles. The van der Waals surface area contributed by atoms with Gasteiger partial charge >= 0.3 is 0 Å². The smallest absolute Gasteiger partial charge is 0.196 e. The van der Waals surface area contributed by atoms with Gasteiger partial charge in [0.05, 0.1) is 5.56 Å². The van der Waals surface area contributed by atoms with Crippen LogP contribution in [0.3, 0.4) is 0 Å². The lowest BCUT2D eigenvalue weighted by atomic mass is 9.95. The van der Waals surface area contributed by atoms with E-state index in [4.69, 9.17) is 27.6 Å². The third-order valence-corrected chi connectivity index (χ3v) is 4.01. The molecule has 1 aliphatic carbocycles. The Kier molecular flexibility index (Phi) is 3.24. The van der Waals surface area contributed by atoms with Crippen molar-refractivity contribution >= 4 is 39.8 Å². The summed E-state index contributed by atoms with van der Waals surface area (Å²) in [6.07, 6.45) is 1.35. The van der Waals surface area contributed by atoms with Gasteiger partial charge in [0.2, 0.25) is 0 Å². The molecule has 0 atom stereocenters. The molecular formula is C15H8Cl2O3. The highest BCUT2D eigenvalue weighted by molar-refractivity contribution is 6.60. The van der Waals surface area contributed by atoms with Gasteiger partial charge in [-0.2, -0.15) is 0 Å². The van der Waals surface area contributed by atoms with Crippen LogP contribution in [0.1, 0.15) is 27.2 Å². The predicted octanol–water partition coefficient (Wildman–Crippen LogP) is 3.78. The Morgan fingerprint density at radius 2 is 1.80 bits per heavy atom. The Morgan fingerprint density at radius 3 is 2.50 bits per heavy atom. The van der Waals surface area contributed by atoms with Crippen molar-refractivity contribution in [3.8, 4) is 0 Å². The van der Waals surface area contributed by atoms with Crippen molar-refractivity contribution in [2.75, 3.05) is 0 Å². The normalized spacial score (nSPS) is 14.4. The average molecular weight is 307 g/mol. The maximum atomic E-state index is 12.4. The van der Waals surface area contributed by atoms with Gasteiger partial charge in [0, 0.05) is 17.5 Å². The van der Waals surface area contributed by atoms with Gasteiger partial charge in [0.1, 0.15) is 16.3 Å². The number of benzene rings is 1. The summed E-state index contributed by atoms with van der Waals surface area (Å²) in [6.45, 7) is 0. The second-order valence-corrected chi connectivity index (χ2v) is 5.14. The van der Waals surface area contributed by atoms with Gasteiger partial charge in [-0.25, -0.2) is 0 Å². The van der Waals surface area contributed by atoms with Crippen molar-refractivity contribution < 1.29 is 14.0 Å². The topological polar surface area (TPSA) is 47.3 Å². The van der Waals surface area contributed by atoms with Crippen molar-refractivity contribution in [2.24, 2.45) is 0 Å². The van der Waals surface area contributed by atoms with E-state index in [9.17, 15) is 9.59 Å². The number of carbonyl (C=O) groups is 2. The lowest BCUT2D eigenvalue weighted by Crippen LogP contribution is -2.13. The first-order valence-corrected chi connectivity index (χ1v) is 6.64. The van der Waals surface area contributed by atoms with Gasteiger partial charge < -0.3 is 4.42 Å². The first-order chi connectivity index (χ1) is 9.59. The molecule has 3 nitrogen and oxygen atoms in total. The molecule has 5 heteroatoms. The molecule has 0 saturated heterocycles. The van der Waals surface area contributed by atoms with E-state index in [2.05, 4.69) is 0 Å². The SMILES string of the molecule is O=C1Cc2c(C(=O)c3ccccc3)coc2C(Cl)=C1Cl. The molecule has 0 saturated carbocycles. The largest absolute Gasteiger partial charge is 0.462 e.